The maximum Gasteiger partial charge on any atom is 0.244 e. The molecule has 3 aromatic rings. The summed E-state index contributed by atoms with van der Waals surface area (Å²) in [4.78, 5) is 6.63. The number of aliphatic hydroxyl groups excluding tert-OH is 1. The molecule has 6 rings (SSSR count). The molecule has 3 aliphatic heterocycles. The summed E-state index contributed by atoms with van der Waals surface area (Å²) in [5, 5.41) is 13.8. The number of pyridine rings is 1. The van der Waals surface area contributed by atoms with Gasteiger partial charge in [-0.15, -0.1) is 0 Å². The maximum absolute atomic E-state index is 13.8. The molecule has 2 saturated heterocycles. The minimum absolute atomic E-state index is 0.00981. The topological polar surface area (TPSA) is 169 Å². The van der Waals surface area contributed by atoms with Crippen LogP contribution in [0.15, 0.2) is 76.7 Å². The van der Waals surface area contributed by atoms with Gasteiger partial charge in [0.2, 0.25) is 25.9 Å². The van der Waals surface area contributed by atoms with Crippen LogP contribution in [0.2, 0.25) is 0 Å². The Balaban J connectivity index is 0.968. The van der Waals surface area contributed by atoms with Crippen LogP contribution in [0.4, 0.5) is 5.69 Å². The van der Waals surface area contributed by atoms with E-state index >= 15 is 0 Å². The zero-order chi connectivity index (χ0) is 35.2. The van der Waals surface area contributed by atoms with E-state index in [0.717, 1.165) is 5.56 Å². The largest absolute Gasteiger partial charge is 0.491 e. The Morgan fingerprint density at radius 1 is 1.04 bits per heavy atom. The summed E-state index contributed by atoms with van der Waals surface area (Å²) in [7, 11) is -6.07. The quantitative estimate of drug-likeness (QED) is 0.194. The van der Waals surface area contributed by atoms with E-state index in [9.17, 15) is 21.9 Å². The number of fused-ring (bicyclic) bond motifs is 1. The van der Waals surface area contributed by atoms with Gasteiger partial charge in [-0.05, 0) is 50.1 Å². The number of anilines is 1. The summed E-state index contributed by atoms with van der Waals surface area (Å²) < 4.78 is 78.9. The van der Waals surface area contributed by atoms with Crippen molar-refractivity contribution < 1.29 is 40.9 Å². The van der Waals surface area contributed by atoms with Gasteiger partial charge in [0.15, 0.2) is 0 Å². The third-order valence-electron chi connectivity index (χ3n) is 9.31. The molecule has 2 fully saturated rings. The van der Waals surface area contributed by atoms with Crippen LogP contribution in [0.3, 0.4) is 0 Å². The highest BCUT2D eigenvalue weighted by atomic mass is 32.2. The van der Waals surface area contributed by atoms with Crippen molar-refractivity contribution in [2.45, 2.75) is 53.4 Å². The highest BCUT2D eigenvalue weighted by Crippen LogP contribution is 2.38. The molecule has 0 saturated carbocycles. The van der Waals surface area contributed by atoms with Gasteiger partial charge in [-0.25, -0.2) is 26.5 Å². The molecule has 0 radical (unpaired) electrons. The molecular formula is C34H45N5O9S2. The second-order valence-corrected chi connectivity index (χ2v) is 16.5. The molecule has 3 aliphatic rings. The fourth-order valence-electron chi connectivity index (χ4n) is 6.46. The SMILES string of the molecule is CNS(=O)(=O)c1cccc(OC[C@@H](O)CN[C@H]2COC3(CCN(S(=O)(=O)c4cnc5c(c4)N(CCOCc4ccccc4)CCO5)CC3)C2)c1. The first-order valence-electron chi connectivity index (χ1n) is 16.8. The Morgan fingerprint density at radius 2 is 1.84 bits per heavy atom. The molecule has 50 heavy (non-hydrogen) atoms. The number of nitrogens with zero attached hydrogens (tertiary/aromatic N) is 3. The van der Waals surface area contributed by atoms with Crippen LogP contribution < -0.4 is 24.4 Å². The highest BCUT2D eigenvalue weighted by molar-refractivity contribution is 7.89. The van der Waals surface area contributed by atoms with Crippen LogP contribution in [0.5, 0.6) is 11.6 Å². The molecule has 14 nitrogen and oxygen atoms in total. The van der Waals surface area contributed by atoms with E-state index in [1.165, 1.54) is 29.7 Å². The van der Waals surface area contributed by atoms with Gasteiger partial charge >= 0.3 is 0 Å². The number of aliphatic hydroxyl groups is 1. The van der Waals surface area contributed by atoms with Crippen LogP contribution in [-0.2, 0) is 36.1 Å². The predicted octanol–water partition coefficient (Wildman–Crippen LogP) is 1.75. The Hall–Kier alpha value is -3.35. The molecule has 0 unspecified atom stereocenters. The van der Waals surface area contributed by atoms with Crippen LogP contribution in [-0.4, -0.2) is 115 Å². The van der Waals surface area contributed by atoms with Crippen LogP contribution >= 0.6 is 0 Å². The van der Waals surface area contributed by atoms with Crippen molar-refractivity contribution in [2.24, 2.45) is 0 Å². The third-order valence-corrected chi connectivity index (χ3v) is 12.6. The molecule has 0 bridgehead atoms. The van der Waals surface area contributed by atoms with E-state index in [2.05, 4.69) is 19.9 Å². The monoisotopic (exact) mass is 731 g/mol. The molecule has 16 heteroatoms. The summed E-state index contributed by atoms with van der Waals surface area (Å²) in [6, 6.07) is 17.7. The summed E-state index contributed by atoms with van der Waals surface area (Å²) in [5.74, 6) is 0.755. The number of hydrogen-bond donors (Lipinski definition) is 3. The summed E-state index contributed by atoms with van der Waals surface area (Å²) in [6.07, 6.45) is 2.33. The fourth-order valence-corrected chi connectivity index (χ4v) is 8.63. The van der Waals surface area contributed by atoms with E-state index in [4.69, 9.17) is 18.9 Å². The molecule has 1 aromatic heterocycles. The first-order chi connectivity index (χ1) is 24.1. The average Bonchev–Trinajstić information content (AvgIpc) is 3.53. The average molecular weight is 732 g/mol. The fraction of sp³-hybridized carbons (Fsp3) is 0.500. The van der Waals surface area contributed by atoms with E-state index in [-0.39, 0.29) is 29.0 Å². The number of piperidine rings is 1. The van der Waals surface area contributed by atoms with Crippen molar-refractivity contribution in [3.05, 3.63) is 72.4 Å². The van der Waals surface area contributed by atoms with E-state index in [1.54, 1.807) is 18.2 Å². The standard InChI is InChI=1S/C34H45N5O9S2/c1-35-49(41,42)30-9-5-8-29(18-30)47-25-28(40)21-36-27-20-34(48-24-27)10-12-39(13-11-34)50(43,44)31-19-32-33(37-22-31)46-17-15-38(32)14-16-45-23-26-6-3-2-4-7-26/h2-9,18-19,22,27-28,35-36,40H,10-17,20-21,23-25H2,1H3/t27-,28+/m1/s1. The summed E-state index contributed by atoms with van der Waals surface area (Å²) in [5.41, 5.74) is 1.29. The molecule has 3 N–H and O–H groups in total. The van der Waals surface area contributed by atoms with Crippen LogP contribution in [0.25, 0.3) is 0 Å². The van der Waals surface area contributed by atoms with Gasteiger partial charge in [0, 0.05) is 38.3 Å². The number of hydrogen-bond acceptors (Lipinski definition) is 12. The van der Waals surface area contributed by atoms with Gasteiger partial charge in [0.25, 0.3) is 0 Å². The second kappa shape index (κ2) is 15.9. The smallest absolute Gasteiger partial charge is 0.244 e. The first kappa shape index (κ1) is 36.4. The van der Waals surface area contributed by atoms with Gasteiger partial charge in [-0.2, -0.15) is 4.31 Å². The van der Waals surface area contributed by atoms with Crippen molar-refractivity contribution in [3.8, 4) is 11.6 Å². The number of benzene rings is 2. The number of ether oxygens (including phenoxy) is 4. The molecule has 0 amide bonds. The minimum Gasteiger partial charge on any atom is -0.491 e. The lowest BCUT2D eigenvalue weighted by Gasteiger charge is -2.38. The number of rotatable bonds is 15. The summed E-state index contributed by atoms with van der Waals surface area (Å²) >= 11 is 0. The van der Waals surface area contributed by atoms with Crippen molar-refractivity contribution in [3.63, 3.8) is 0 Å². The Labute approximate surface area is 293 Å². The molecule has 4 heterocycles. The third kappa shape index (κ3) is 8.74. The molecule has 272 valence electrons. The van der Waals surface area contributed by atoms with Gasteiger partial charge in [-0.1, -0.05) is 36.4 Å². The Morgan fingerprint density at radius 3 is 2.62 bits per heavy atom. The first-order valence-corrected chi connectivity index (χ1v) is 19.7. The van der Waals surface area contributed by atoms with Crippen LogP contribution in [0.1, 0.15) is 24.8 Å². The molecule has 2 aromatic carbocycles. The molecule has 1 spiro atoms. The van der Waals surface area contributed by atoms with E-state index < -0.39 is 31.8 Å². The van der Waals surface area contributed by atoms with Crippen molar-refractivity contribution >= 4 is 25.7 Å². The zero-order valence-corrected chi connectivity index (χ0v) is 29.7. The van der Waals surface area contributed by atoms with Crippen molar-refractivity contribution in [2.75, 3.05) is 71.1 Å². The number of aromatic nitrogens is 1. The lowest BCUT2D eigenvalue weighted by atomic mass is 9.88. The van der Waals surface area contributed by atoms with Gasteiger partial charge in [-0.3, -0.25) is 0 Å². The Bertz CT molecular complexity index is 1810. The summed E-state index contributed by atoms with van der Waals surface area (Å²) in [6.45, 7) is 3.93. The maximum atomic E-state index is 13.8. The molecule has 2 atom stereocenters. The predicted molar refractivity (Wildman–Crippen MR) is 185 cm³/mol. The lowest BCUT2D eigenvalue weighted by molar-refractivity contribution is -0.0312. The highest BCUT2D eigenvalue weighted by Gasteiger charge is 2.45. The Kier molecular flexibility index (Phi) is 11.6. The zero-order valence-electron chi connectivity index (χ0n) is 28.1. The van der Waals surface area contributed by atoms with Gasteiger partial charge < -0.3 is 34.3 Å². The normalized spacial score (nSPS) is 20.0. The van der Waals surface area contributed by atoms with Crippen molar-refractivity contribution in [1.29, 1.82) is 0 Å². The van der Waals surface area contributed by atoms with Crippen molar-refractivity contribution in [1.82, 2.24) is 19.3 Å². The van der Waals surface area contributed by atoms with Gasteiger partial charge in [0.1, 0.15) is 35.7 Å². The molecule has 0 aliphatic carbocycles. The lowest BCUT2D eigenvalue weighted by Crippen LogP contribution is -2.47. The number of sulfonamides is 2. The minimum atomic E-state index is -3.80. The second-order valence-electron chi connectivity index (χ2n) is 12.7. The van der Waals surface area contributed by atoms with Crippen LogP contribution in [0, 0.1) is 0 Å². The van der Waals surface area contributed by atoms with E-state index in [1.807, 2.05) is 30.3 Å². The number of nitrogens with one attached hydrogen (secondary N) is 2. The van der Waals surface area contributed by atoms with E-state index in [0.29, 0.717) is 89.2 Å². The van der Waals surface area contributed by atoms with Gasteiger partial charge in [0.05, 0.1) is 43.1 Å². The molecular weight excluding hydrogens is 687 g/mol.